The van der Waals surface area contributed by atoms with Crippen molar-refractivity contribution in [3.63, 3.8) is 0 Å². The largest absolute Gasteiger partial charge is 0.497 e. The molecule has 2 N–H and O–H groups in total. The molecule has 3 rings (SSSR count). The minimum Gasteiger partial charge on any atom is -0.497 e. The number of benzene rings is 1. The van der Waals surface area contributed by atoms with E-state index in [4.69, 9.17) is 4.74 Å². The molecule has 6 nitrogen and oxygen atoms in total. The van der Waals surface area contributed by atoms with Crippen LogP contribution < -0.4 is 15.4 Å². The van der Waals surface area contributed by atoms with Crippen molar-refractivity contribution in [2.24, 2.45) is 0 Å². The summed E-state index contributed by atoms with van der Waals surface area (Å²) in [6, 6.07) is 6.04. The predicted molar refractivity (Wildman–Crippen MR) is 91.0 cm³/mol. The van der Waals surface area contributed by atoms with Crippen LogP contribution in [-0.4, -0.2) is 43.1 Å². The van der Waals surface area contributed by atoms with Gasteiger partial charge in [-0.15, -0.1) is 0 Å². The summed E-state index contributed by atoms with van der Waals surface area (Å²) >= 11 is 0. The molecule has 1 spiro atoms. The zero-order valence-corrected chi connectivity index (χ0v) is 14.5. The first-order valence-electron chi connectivity index (χ1n) is 8.47. The van der Waals surface area contributed by atoms with Gasteiger partial charge in [-0.1, -0.05) is 6.07 Å². The molecular formula is C18H25N3O3. The van der Waals surface area contributed by atoms with Gasteiger partial charge in [-0.05, 0) is 49.9 Å². The second-order valence-corrected chi connectivity index (χ2v) is 6.92. The number of rotatable bonds is 2. The number of piperidine rings is 1. The van der Waals surface area contributed by atoms with Gasteiger partial charge in [0.05, 0.1) is 19.1 Å². The van der Waals surface area contributed by atoms with Crippen LogP contribution in [0.4, 0.5) is 4.79 Å². The van der Waals surface area contributed by atoms with Crippen LogP contribution in [0.5, 0.6) is 5.75 Å². The van der Waals surface area contributed by atoms with Crippen molar-refractivity contribution < 1.29 is 14.3 Å². The quantitative estimate of drug-likeness (QED) is 0.868. The van der Waals surface area contributed by atoms with E-state index < -0.39 is 0 Å². The van der Waals surface area contributed by atoms with E-state index in [-0.39, 0.29) is 23.5 Å². The first kappa shape index (κ1) is 16.6. The summed E-state index contributed by atoms with van der Waals surface area (Å²) in [5.41, 5.74) is 1.82. The number of nitrogens with one attached hydrogen (secondary N) is 2. The number of hydrogen-bond acceptors (Lipinski definition) is 3. The summed E-state index contributed by atoms with van der Waals surface area (Å²) in [5, 5.41) is 6.12. The standard InChI is InChI=1S/C18H25N3O3/c1-12(2)19-17(23)21-8-6-18(7-9-21)15-5-4-14(24-3)10-13(15)11-16(22)20-18/h4-5,10,12H,6-9,11H2,1-3H3,(H,19,23)(H,20,22). The van der Waals surface area contributed by atoms with Crippen molar-refractivity contribution in [2.45, 2.75) is 44.7 Å². The zero-order chi connectivity index (χ0) is 17.3. The summed E-state index contributed by atoms with van der Waals surface area (Å²) in [5.74, 6) is 0.809. The highest BCUT2D eigenvalue weighted by atomic mass is 16.5. The lowest BCUT2D eigenvalue weighted by molar-refractivity contribution is -0.124. The number of ether oxygens (including phenoxy) is 1. The van der Waals surface area contributed by atoms with Crippen molar-refractivity contribution in [1.82, 2.24) is 15.5 Å². The van der Waals surface area contributed by atoms with Crippen molar-refractivity contribution in [3.8, 4) is 5.75 Å². The number of amides is 3. The van der Waals surface area contributed by atoms with Gasteiger partial charge in [0.25, 0.3) is 0 Å². The lowest BCUT2D eigenvalue weighted by Gasteiger charge is -2.45. The van der Waals surface area contributed by atoms with Gasteiger partial charge in [-0.25, -0.2) is 4.79 Å². The lowest BCUT2D eigenvalue weighted by atomic mass is 9.75. The van der Waals surface area contributed by atoms with Gasteiger partial charge in [0.2, 0.25) is 5.91 Å². The van der Waals surface area contributed by atoms with Crippen molar-refractivity contribution in [1.29, 1.82) is 0 Å². The summed E-state index contributed by atoms with van der Waals surface area (Å²) in [6.07, 6.45) is 1.83. The van der Waals surface area contributed by atoms with Gasteiger partial charge < -0.3 is 20.3 Å². The highest BCUT2D eigenvalue weighted by Crippen LogP contribution is 2.39. The summed E-state index contributed by atoms with van der Waals surface area (Å²) in [7, 11) is 1.63. The normalized spacial score (nSPS) is 19.0. The van der Waals surface area contributed by atoms with Gasteiger partial charge in [-0.3, -0.25) is 4.79 Å². The average molecular weight is 331 g/mol. The van der Waals surface area contributed by atoms with Crippen molar-refractivity contribution in [2.75, 3.05) is 20.2 Å². The Morgan fingerprint density at radius 1 is 1.33 bits per heavy atom. The Balaban J connectivity index is 1.81. The minimum atomic E-state index is -0.369. The maximum absolute atomic E-state index is 12.2. The van der Waals surface area contributed by atoms with E-state index in [0.29, 0.717) is 19.5 Å². The monoisotopic (exact) mass is 331 g/mol. The van der Waals surface area contributed by atoms with Gasteiger partial charge >= 0.3 is 6.03 Å². The molecule has 0 aliphatic carbocycles. The molecule has 0 atom stereocenters. The molecule has 0 aromatic heterocycles. The number of fused-ring (bicyclic) bond motifs is 2. The minimum absolute atomic E-state index is 0.0306. The third-order valence-corrected chi connectivity index (χ3v) is 4.87. The highest BCUT2D eigenvalue weighted by Gasteiger charge is 2.42. The molecule has 2 aliphatic heterocycles. The number of urea groups is 1. The number of carbonyl (C=O) groups is 2. The van der Waals surface area contributed by atoms with Crippen LogP contribution >= 0.6 is 0 Å². The second kappa shape index (κ2) is 6.34. The lowest BCUT2D eigenvalue weighted by Crippen LogP contribution is -2.58. The molecule has 1 fully saturated rings. The molecular weight excluding hydrogens is 306 g/mol. The van der Waals surface area contributed by atoms with E-state index >= 15 is 0 Å². The average Bonchev–Trinajstić information content (AvgIpc) is 2.54. The van der Waals surface area contributed by atoms with Gasteiger partial charge in [0.15, 0.2) is 0 Å². The summed E-state index contributed by atoms with van der Waals surface area (Å²) in [4.78, 5) is 26.2. The molecule has 0 unspecified atom stereocenters. The Hall–Kier alpha value is -2.24. The van der Waals surface area contributed by atoms with Crippen molar-refractivity contribution >= 4 is 11.9 Å². The number of hydrogen-bond donors (Lipinski definition) is 2. The topological polar surface area (TPSA) is 70.7 Å². The Labute approximate surface area is 142 Å². The van der Waals surface area contributed by atoms with Gasteiger partial charge in [0, 0.05) is 19.1 Å². The van der Waals surface area contributed by atoms with Crippen LogP contribution in [-0.2, 0) is 16.8 Å². The highest BCUT2D eigenvalue weighted by molar-refractivity contribution is 5.83. The van der Waals surface area contributed by atoms with Crippen LogP contribution in [0.25, 0.3) is 0 Å². The molecule has 6 heteroatoms. The fourth-order valence-corrected chi connectivity index (χ4v) is 3.69. The van der Waals surface area contributed by atoms with Crippen LogP contribution in [0.3, 0.4) is 0 Å². The van der Waals surface area contributed by atoms with Gasteiger partial charge in [0.1, 0.15) is 5.75 Å². The van der Waals surface area contributed by atoms with Crippen LogP contribution in [0, 0.1) is 0 Å². The number of likely N-dealkylation sites (tertiary alicyclic amines) is 1. The second-order valence-electron chi connectivity index (χ2n) is 6.92. The molecule has 1 aromatic carbocycles. The van der Waals surface area contributed by atoms with E-state index in [2.05, 4.69) is 16.7 Å². The fraction of sp³-hybridized carbons (Fsp3) is 0.556. The molecule has 0 saturated carbocycles. The smallest absolute Gasteiger partial charge is 0.317 e. The SMILES string of the molecule is COc1ccc2c(c1)CC(=O)NC21CCN(C(=O)NC(C)C)CC1. The molecule has 0 radical (unpaired) electrons. The third kappa shape index (κ3) is 3.05. The first-order chi connectivity index (χ1) is 11.4. The molecule has 2 aliphatic rings. The van der Waals surface area contributed by atoms with E-state index in [1.54, 1.807) is 7.11 Å². The van der Waals surface area contributed by atoms with Gasteiger partial charge in [-0.2, -0.15) is 0 Å². The van der Waals surface area contributed by atoms with Crippen LogP contribution in [0.2, 0.25) is 0 Å². The molecule has 3 amide bonds. The maximum Gasteiger partial charge on any atom is 0.317 e. The Morgan fingerprint density at radius 3 is 2.67 bits per heavy atom. The Bertz CT molecular complexity index is 649. The maximum atomic E-state index is 12.2. The summed E-state index contributed by atoms with van der Waals surface area (Å²) in [6.45, 7) is 5.16. The third-order valence-electron chi connectivity index (χ3n) is 4.87. The van der Waals surface area contributed by atoms with Crippen LogP contribution in [0.1, 0.15) is 37.8 Å². The molecule has 1 aromatic rings. The predicted octanol–water partition coefficient (Wildman–Crippen LogP) is 1.78. The molecule has 0 bridgehead atoms. The van der Waals surface area contributed by atoms with E-state index in [1.165, 1.54) is 0 Å². The fourth-order valence-electron chi connectivity index (χ4n) is 3.69. The molecule has 2 heterocycles. The Kier molecular flexibility index (Phi) is 4.39. The van der Waals surface area contributed by atoms with E-state index in [9.17, 15) is 9.59 Å². The number of methoxy groups -OCH3 is 1. The first-order valence-corrected chi connectivity index (χ1v) is 8.47. The van der Waals surface area contributed by atoms with E-state index in [1.807, 2.05) is 30.9 Å². The zero-order valence-electron chi connectivity index (χ0n) is 14.5. The van der Waals surface area contributed by atoms with E-state index in [0.717, 1.165) is 29.7 Å². The summed E-state index contributed by atoms with van der Waals surface area (Å²) < 4.78 is 5.28. The number of carbonyl (C=O) groups excluding carboxylic acids is 2. The number of nitrogens with zero attached hydrogens (tertiary/aromatic N) is 1. The molecule has 24 heavy (non-hydrogen) atoms. The molecule has 1 saturated heterocycles. The Morgan fingerprint density at radius 2 is 2.04 bits per heavy atom. The van der Waals surface area contributed by atoms with Crippen molar-refractivity contribution in [3.05, 3.63) is 29.3 Å². The van der Waals surface area contributed by atoms with Crippen LogP contribution in [0.15, 0.2) is 18.2 Å². The molecule has 130 valence electrons.